The van der Waals surface area contributed by atoms with Crippen molar-refractivity contribution in [2.75, 3.05) is 10.6 Å². The van der Waals surface area contributed by atoms with Crippen molar-refractivity contribution < 1.29 is 9.18 Å². The first-order chi connectivity index (χ1) is 10.1. The second-order valence-electron chi connectivity index (χ2n) is 5.39. The Morgan fingerprint density at radius 3 is 2.43 bits per heavy atom. The van der Waals surface area contributed by atoms with Gasteiger partial charge in [0.2, 0.25) is 5.91 Å². The van der Waals surface area contributed by atoms with Gasteiger partial charge >= 0.3 is 0 Å². The number of hydrogen-bond donors (Lipinski definition) is 2. The van der Waals surface area contributed by atoms with E-state index in [9.17, 15) is 9.18 Å². The Hall–Kier alpha value is -2.36. The smallest absolute Gasteiger partial charge is 0.221 e. The summed E-state index contributed by atoms with van der Waals surface area (Å²) in [5.41, 5.74) is 3.66. The highest BCUT2D eigenvalue weighted by molar-refractivity contribution is 5.89. The van der Waals surface area contributed by atoms with E-state index in [4.69, 9.17) is 0 Å². The van der Waals surface area contributed by atoms with Crippen LogP contribution in [0.3, 0.4) is 0 Å². The fourth-order valence-electron chi connectivity index (χ4n) is 2.80. The van der Waals surface area contributed by atoms with Gasteiger partial charge in [-0.3, -0.25) is 4.79 Å². The third-order valence-corrected chi connectivity index (χ3v) is 3.70. The average Bonchev–Trinajstić information content (AvgIpc) is 2.84. The van der Waals surface area contributed by atoms with Gasteiger partial charge in [-0.25, -0.2) is 4.39 Å². The molecule has 0 aromatic heterocycles. The maximum atomic E-state index is 13.9. The molecule has 3 rings (SSSR count). The van der Waals surface area contributed by atoms with Crippen molar-refractivity contribution in [2.45, 2.75) is 25.8 Å². The quantitative estimate of drug-likeness (QED) is 0.907. The number of nitrogens with one attached hydrogen (secondary N) is 2. The molecule has 0 unspecified atom stereocenters. The van der Waals surface area contributed by atoms with Crippen LogP contribution in [-0.4, -0.2) is 11.9 Å². The van der Waals surface area contributed by atoms with Crippen LogP contribution in [0.4, 0.5) is 15.8 Å². The van der Waals surface area contributed by atoms with E-state index < -0.39 is 0 Å². The molecular formula is C17H17FN2O. The second-order valence-corrected chi connectivity index (χ2v) is 5.39. The van der Waals surface area contributed by atoms with Crippen LogP contribution in [0, 0.1) is 5.82 Å². The molecule has 0 fully saturated rings. The van der Waals surface area contributed by atoms with E-state index in [1.54, 1.807) is 12.1 Å². The normalized spacial score (nSPS) is 13.8. The number of halogens is 1. The number of amides is 1. The highest BCUT2D eigenvalue weighted by Gasteiger charge is 2.21. The van der Waals surface area contributed by atoms with Gasteiger partial charge in [-0.05, 0) is 42.2 Å². The molecule has 1 aliphatic carbocycles. The highest BCUT2D eigenvalue weighted by Crippen LogP contribution is 2.27. The molecule has 1 aliphatic rings. The fourth-order valence-corrected chi connectivity index (χ4v) is 2.80. The van der Waals surface area contributed by atoms with Gasteiger partial charge in [0, 0.05) is 18.7 Å². The van der Waals surface area contributed by atoms with Crippen LogP contribution in [0.2, 0.25) is 0 Å². The molecule has 4 heteroatoms. The van der Waals surface area contributed by atoms with Crippen LogP contribution >= 0.6 is 0 Å². The second kappa shape index (κ2) is 5.56. The van der Waals surface area contributed by atoms with Gasteiger partial charge in [-0.15, -0.1) is 0 Å². The fraction of sp³-hybridized carbons (Fsp3) is 0.235. The summed E-state index contributed by atoms with van der Waals surface area (Å²) in [4.78, 5) is 11.1. The molecule has 2 aromatic rings. The Bertz CT molecular complexity index is 659. The van der Waals surface area contributed by atoms with E-state index >= 15 is 0 Å². The largest absolute Gasteiger partial charge is 0.379 e. The summed E-state index contributed by atoms with van der Waals surface area (Å²) < 4.78 is 13.9. The predicted molar refractivity (Wildman–Crippen MR) is 82.0 cm³/mol. The van der Waals surface area contributed by atoms with Crippen molar-refractivity contribution in [2.24, 2.45) is 0 Å². The Morgan fingerprint density at radius 2 is 1.81 bits per heavy atom. The van der Waals surface area contributed by atoms with Crippen LogP contribution in [0.25, 0.3) is 0 Å². The third kappa shape index (κ3) is 3.05. The van der Waals surface area contributed by atoms with Crippen LogP contribution in [0.5, 0.6) is 0 Å². The first kappa shape index (κ1) is 13.6. The number of benzene rings is 2. The van der Waals surface area contributed by atoms with E-state index in [1.807, 2.05) is 12.1 Å². The van der Waals surface area contributed by atoms with Gasteiger partial charge in [-0.1, -0.05) is 24.3 Å². The van der Waals surface area contributed by atoms with E-state index in [1.165, 1.54) is 24.1 Å². The molecule has 2 aromatic carbocycles. The third-order valence-electron chi connectivity index (χ3n) is 3.70. The number of carbonyl (C=O) groups is 1. The van der Waals surface area contributed by atoms with Crippen molar-refractivity contribution in [1.29, 1.82) is 0 Å². The van der Waals surface area contributed by atoms with Crippen LogP contribution in [0.1, 0.15) is 18.1 Å². The Balaban J connectivity index is 1.75. The van der Waals surface area contributed by atoms with Gasteiger partial charge in [0.05, 0.1) is 5.69 Å². The van der Waals surface area contributed by atoms with Crippen LogP contribution < -0.4 is 10.6 Å². The van der Waals surface area contributed by atoms with Gasteiger partial charge in [0.15, 0.2) is 0 Å². The average molecular weight is 284 g/mol. The minimum Gasteiger partial charge on any atom is -0.379 e. The first-order valence-corrected chi connectivity index (χ1v) is 7.02. The lowest BCUT2D eigenvalue weighted by Crippen LogP contribution is -2.20. The lowest BCUT2D eigenvalue weighted by atomic mass is 10.1. The number of hydrogen-bond acceptors (Lipinski definition) is 2. The number of fused-ring (bicyclic) bond motifs is 1. The lowest BCUT2D eigenvalue weighted by molar-refractivity contribution is -0.114. The molecule has 0 bridgehead atoms. The van der Waals surface area contributed by atoms with E-state index in [2.05, 4.69) is 22.8 Å². The van der Waals surface area contributed by atoms with Gasteiger partial charge in [-0.2, -0.15) is 0 Å². The number of anilines is 2. The van der Waals surface area contributed by atoms with Crippen molar-refractivity contribution in [3.05, 3.63) is 59.4 Å². The van der Waals surface area contributed by atoms with Crippen LogP contribution in [-0.2, 0) is 17.6 Å². The molecule has 0 radical (unpaired) electrons. The zero-order valence-corrected chi connectivity index (χ0v) is 11.8. The van der Waals surface area contributed by atoms with E-state index in [0.717, 1.165) is 12.8 Å². The summed E-state index contributed by atoms with van der Waals surface area (Å²) in [6.07, 6.45) is 1.78. The topological polar surface area (TPSA) is 41.1 Å². The van der Waals surface area contributed by atoms with E-state index in [-0.39, 0.29) is 17.8 Å². The van der Waals surface area contributed by atoms with Crippen molar-refractivity contribution in [3.63, 3.8) is 0 Å². The minimum absolute atomic E-state index is 0.166. The standard InChI is InChI=1S/C17H17FN2O/c1-11(21)19-14-6-7-16(18)17(10-14)20-15-8-12-4-2-3-5-13(12)9-15/h2-7,10,15,20H,8-9H2,1H3,(H,19,21). The molecule has 2 N–H and O–H groups in total. The van der Waals surface area contributed by atoms with Gasteiger partial charge in [0.1, 0.15) is 5.82 Å². The minimum atomic E-state index is -0.306. The lowest BCUT2D eigenvalue weighted by Gasteiger charge is -2.15. The Morgan fingerprint density at radius 1 is 1.14 bits per heavy atom. The zero-order valence-electron chi connectivity index (χ0n) is 11.8. The summed E-state index contributed by atoms with van der Waals surface area (Å²) >= 11 is 0. The number of rotatable bonds is 3. The SMILES string of the molecule is CC(=O)Nc1ccc(F)c(NC2Cc3ccccc3C2)c1. The van der Waals surface area contributed by atoms with Gasteiger partial charge in [0.25, 0.3) is 0 Å². The van der Waals surface area contributed by atoms with E-state index in [0.29, 0.717) is 11.4 Å². The molecule has 0 saturated heterocycles. The van der Waals surface area contributed by atoms with Crippen molar-refractivity contribution in [3.8, 4) is 0 Å². The molecule has 3 nitrogen and oxygen atoms in total. The first-order valence-electron chi connectivity index (χ1n) is 7.02. The van der Waals surface area contributed by atoms with Crippen LogP contribution in [0.15, 0.2) is 42.5 Å². The summed E-state index contributed by atoms with van der Waals surface area (Å²) in [5.74, 6) is -0.471. The zero-order chi connectivity index (χ0) is 14.8. The van der Waals surface area contributed by atoms with Crippen molar-refractivity contribution >= 4 is 17.3 Å². The number of carbonyl (C=O) groups excluding carboxylic acids is 1. The highest BCUT2D eigenvalue weighted by atomic mass is 19.1. The molecule has 0 aliphatic heterocycles. The van der Waals surface area contributed by atoms with Gasteiger partial charge < -0.3 is 10.6 Å². The van der Waals surface area contributed by atoms with Crippen molar-refractivity contribution in [1.82, 2.24) is 0 Å². The Kier molecular flexibility index (Phi) is 3.60. The maximum Gasteiger partial charge on any atom is 0.221 e. The molecule has 0 heterocycles. The maximum absolute atomic E-state index is 13.9. The molecule has 108 valence electrons. The summed E-state index contributed by atoms with van der Waals surface area (Å²) in [6.45, 7) is 1.43. The molecule has 21 heavy (non-hydrogen) atoms. The molecule has 1 amide bonds. The Labute approximate surface area is 123 Å². The summed E-state index contributed by atoms with van der Waals surface area (Å²) in [5, 5.41) is 5.91. The monoisotopic (exact) mass is 284 g/mol. The summed E-state index contributed by atoms with van der Waals surface area (Å²) in [7, 11) is 0. The molecular weight excluding hydrogens is 267 g/mol. The molecule has 0 atom stereocenters. The summed E-state index contributed by atoms with van der Waals surface area (Å²) in [6, 6.07) is 13.0. The molecule has 0 saturated carbocycles. The predicted octanol–water partition coefficient (Wildman–Crippen LogP) is 3.36. The molecule has 0 spiro atoms.